The Kier molecular flexibility index (Phi) is 7.13. The molecule has 0 heterocycles. The third-order valence-electron chi connectivity index (χ3n) is 4.66. The molecule has 0 bridgehead atoms. The topological polar surface area (TPSA) is 142 Å². The number of rotatable bonds is 5. The van der Waals surface area contributed by atoms with Crippen LogP contribution in [-0.2, 0) is 20.0 Å². The minimum absolute atomic E-state index is 0.0586. The van der Waals surface area contributed by atoms with Crippen molar-refractivity contribution in [3.05, 3.63) is 93.5 Å². The van der Waals surface area contributed by atoms with Gasteiger partial charge in [-0.05, 0) is 46.9 Å². The van der Waals surface area contributed by atoms with Gasteiger partial charge in [0.2, 0.25) is 0 Å². The van der Waals surface area contributed by atoms with E-state index in [1.807, 2.05) is 0 Å². The fourth-order valence-corrected chi connectivity index (χ4v) is 5.40. The van der Waals surface area contributed by atoms with E-state index in [2.05, 4.69) is 18.8 Å². The highest BCUT2D eigenvalue weighted by Gasteiger charge is 2.33. The zero-order valence-electron chi connectivity index (χ0n) is 18.4. The summed E-state index contributed by atoms with van der Waals surface area (Å²) in [6, 6.07) is 15.0. The molecule has 0 aromatic heterocycles. The number of hydrogen-bond acceptors (Lipinski definition) is 5. The standard InChI is InChI=1S/C22H20ClN5O4S2/c1-22(2,3)17-14-18(26-33(29,30)15-10-6-4-7-11-15)21(25-28-24)19(23)20(17)27-34(31,32)16-12-8-5-9-13-16/h4-14H,1-3H3/b26-18+,27-20+. The van der Waals surface area contributed by atoms with E-state index >= 15 is 0 Å². The largest absolute Gasteiger partial charge is 0.282 e. The van der Waals surface area contributed by atoms with Gasteiger partial charge in [0.05, 0.1) is 31.9 Å². The van der Waals surface area contributed by atoms with E-state index in [9.17, 15) is 16.8 Å². The van der Waals surface area contributed by atoms with E-state index in [0.29, 0.717) is 5.57 Å². The third-order valence-corrected chi connectivity index (χ3v) is 7.61. The van der Waals surface area contributed by atoms with Gasteiger partial charge in [0, 0.05) is 4.91 Å². The van der Waals surface area contributed by atoms with Crippen LogP contribution in [0.15, 0.2) is 107 Å². The molecule has 0 unspecified atom stereocenters. The van der Waals surface area contributed by atoms with Gasteiger partial charge in [0.1, 0.15) is 0 Å². The molecule has 2 aromatic rings. The van der Waals surface area contributed by atoms with Crippen molar-refractivity contribution in [3.63, 3.8) is 0 Å². The lowest BCUT2D eigenvalue weighted by molar-refractivity contribution is 0.525. The minimum atomic E-state index is -4.19. The van der Waals surface area contributed by atoms with Gasteiger partial charge >= 0.3 is 0 Å². The average molecular weight is 518 g/mol. The molecule has 2 aromatic carbocycles. The summed E-state index contributed by atoms with van der Waals surface area (Å²) < 4.78 is 59.4. The van der Waals surface area contributed by atoms with Crippen LogP contribution in [0, 0.1) is 5.41 Å². The van der Waals surface area contributed by atoms with Crippen LogP contribution < -0.4 is 0 Å². The summed E-state index contributed by atoms with van der Waals surface area (Å²) in [4.78, 5) is 2.58. The zero-order chi connectivity index (χ0) is 25.1. The second-order valence-electron chi connectivity index (χ2n) is 8.15. The van der Waals surface area contributed by atoms with Crippen LogP contribution >= 0.6 is 11.6 Å². The smallest absolute Gasteiger partial charge is 0.199 e. The molecule has 0 radical (unpaired) electrons. The van der Waals surface area contributed by atoms with E-state index < -0.39 is 25.5 Å². The molecule has 0 N–H and O–H groups in total. The first kappa shape index (κ1) is 25.4. The van der Waals surface area contributed by atoms with Crippen molar-refractivity contribution in [2.45, 2.75) is 30.6 Å². The van der Waals surface area contributed by atoms with Gasteiger partial charge in [0.25, 0.3) is 20.0 Å². The second kappa shape index (κ2) is 9.55. The Morgan fingerprint density at radius 3 is 1.74 bits per heavy atom. The summed E-state index contributed by atoms with van der Waals surface area (Å²) in [5.41, 5.74) is 7.91. The lowest BCUT2D eigenvalue weighted by Gasteiger charge is -2.28. The molecule has 0 fully saturated rings. The van der Waals surface area contributed by atoms with Crippen LogP contribution in [0.1, 0.15) is 20.8 Å². The first-order valence-electron chi connectivity index (χ1n) is 9.85. The van der Waals surface area contributed by atoms with E-state index in [1.54, 1.807) is 57.2 Å². The summed E-state index contributed by atoms with van der Waals surface area (Å²) in [6.45, 7) is 5.32. The van der Waals surface area contributed by atoms with Crippen molar-refractivity contribution in [1.29, 1.82) is 0 Å². The van der Waals surface area contributed by atoms with Gasteiger partial charge in [0.15, 0.2) is 0 Å². The Bertz CT molecular complexity index is 1500. The number of halogens is 1. The second-order valence-corrected chi connectivity index (χ2v) is 11.7. The minimum Gasteiger partial charge on any atom is -0.199 e. The van der Waals surface area contributed by atoms with Crippen LogP contribution in [0.3, 0.4) is 0 Å². The number of benzene rings is 2. The lowest BCUT2D eigenvalue weighted by Crippen LogP contribution is -2.26. The van der Waals surface area contributed by atoms with E-state index in [-0.39, 0.29) is 31.9 Å². The van der Waals surface area contributed by atoms with Gasteiger partial charge < -0.3 is 0 Å². The molecule has 0 aliphatic heterocycles. The maximum Gasteiger partial charge on any atom is 0.282 e. The van der Waals surface area contributed by atoms with E-state index in [1.165, 1.54) is 30.3 Å². The van der Waals surface area contributed by atoms with Crippen LogP contribution in [0.5, 0.6) is 0 Å². The molecule has 0 amide bonds. The SMILES string of the molecule is CC(C)(C)C1=CC(=N\S(=O)(=O)c2ccccc2)/C(N=[N+]=[N-])=C(Cl)C/1=N/S(=O)(=O)c1ccccc1. The quantitative estimate of drug-likeness (QED) is 0.226. The first-order valence-corrected chi connectivity index (χ1v) is 13.1. The van der Waals surface area contributed by atoms with Crippen LogP contribution in [0.25, 0.3) is 10.4 Å². The average Bonchev–Trinajstić information content (AvgIpc) is 2.78. The lowest BCUT2D eigenvalue weighted by atomic mass is 9.80. The van der Waals surface area contributed by atoms with Crippen molar-refractivity contribution in [1.82, 2.24) is 0 Å². The molecule has 1 aliphatic carbocycles. The van der Waals surface area contributed by atoms with Crippen molar-refractivity contribution in [2.24, 2.45) is 19.3 Å². The predicted molar refractivity (Wildman–Crippen MR) is 132 cm³/mol. The molecular weight excluding hydrogens is 498 g/mol. The predicted octanol–water partition coefficient (Wildman–Crippen LogP) is 5.39. The maximum atomic E-state index is 13.0. The molecular formula is C22H20ClN5O4S2. The van der Waals surface area contributed by atoms with Crippen molar-refractivity contribution < 1.29 is 16.8 Å². The highest BCUT2D eigenvalue weighted by Crippen LogP contribution is 2.37. The Labute approximate surface area is 203 Å². The number of hydrogen-bond donors (Lipinski definition) is 0. The molecule has 176 valence electrons. The third kappa shape index (κ3) is 5.45. The van der Waals surface area contributed by atoms with E-state index in [4.69, 9.17) is 17.1 Å². The number of sulfonamides is 2. The summed E-state index contributed by atoms with van der Waals surface area (Å²) in [5.74, 6) is 0. The molecule has 12 heteroatoms. The number of nitrogens with zero attached hydrogens (tertiary/aromatic N) is 5. The summed E-state index contributed by atoms with van der Waals surface area (Å²) in [6.07, 6.45) is 1.33. The van der Waals surface area contributed by atoms with Crippen molar-refractivity contribution >= 4 is 43.1 Å². The number of azide groups is 1. The molecule has 3 rings (SSSR count). The molecule has 0 saturated heterocycles. The van der Waals surface area contributed by atoms with Crippen LogP contribution in [0.2, 0.25) is 0 Å². The molecule has 9 nitrogen and oxygen atoms in total. The Morgan fingerprint density at radius 1 is 0.824 bits per heavy atom. The highest BCUT2D eigenvalue weighted by molar-refractivity contribution is 7.90. The summed E-state index contributed by atoms with van der Waals surface area (Å²) in [7, 11) is -8.37. The highest BCUT2D eigenvalue weighted by atomic mass is 35.5. The van der Waals surface area contributed by atoms with Crippen molar-refractivity contribution in [2.75, 3.05) is 0 Å². The van der Waals surface area contributed by atoms with Gasteiger partial charge in [-0.3, -0.25) is 0 Å². The van der Waals surface area contributed by atoms with Crippen molar-refractivity contribution in [3.8, 4) is 0 Å². The molecule has 0 atom stereocenters. The molecule has 0 spiro atoms. The monoisotopic (exact) mass is 517 g/mol. The fourth-order valence-electron chi connectivity index (χ4n) is 3.03. The molecule has 0 saturated carbocycles. The Balaban J connectivity index is 2.30. The normalized spacial score (nSPS) is 17.5. The summed E-state index contributed by atoms with van der Waals surface area (Å²) >= 11 is 6.49. The first-order chi connectivity index (χ1) is 15.9. The zero-order valence-corrected chi connectivity index (χ0v) is 20.8. The molecule has 1 aliphatic rings. The van der Waals surface area contributed by atoms with Crippen LogP contribution in [0.4, 0.5) is 0 Å². The Hall–Kier alpha value is -3.24. The van der Waals surface area contributed by atoms with Crippen LogP contribution in [-0.4, -0.2) is 28.3 Å². The van der Waals surface area contributed by atoms with Gasteiger partial charge in [-0.15, -0.1) is 0 Å². The fraction of sp³-hybridized carbons (Fsp3) is 0.182. The van der Waals surface area contributed by atoms with E-state index in [0.717, 1.165) is 0 Å². The van der Waals surface area contributed by atoms with Gasteiger partial charge in [-0.2, -0.15) is 25.6 Å². The van der Waals surface area contributed by atoms with Gasteiger partial charge in [-0.25, -0.2) is 0 Å². The Morgan fingerprint density at radius 2 is 1.29 bits per heavy atom. The summed E-state index contributed by atoms with van der Waals surface area (Å²) in [5, 5.41) is 3.18. The van der Waals surface area contributed by atoms with Gasteiger partial charge in [-0.1, -0.05) is 73.9 Å². The number of allylic oxidation sites excluding steroid dienone is 3. The molecule has 34 heavy (non-hydrogen) atoms. The maximum absolute atomic E-state index is 13.0.